The summed E-state index contributed by atoms with van der Waals surface area (Å²) in [4.78, 5) is 24.0. The van der Waals surface area contributed by atoms with E-state index in [4.69, 9.17) is 10.6 Å². The molecule has 0 aliphatic heterocycles. The Bertz CT molecular complexity index is 381. The summed E-state index contributed by atoms with van der Waals surface area (Å²) in [6.07, 6.45) is 1.26. The van der Waals surface area contributed by atoms with Crippen LogP contribution in [0.15, 0.2) is 18.3 Å². The van der Waals surface area contributed by atoms with Crippen LogP contribution in [0.4, 0.5) is 5.82 Å². The van der Waals surface area contributed by atoms with Gasteiger partial charge >= 0.3 is 5.82 Å². The summed E-state index contributed by atoms with van der Waals surface area (Å²) in [5.74, 6) is 3.70. The van der Waals surface area contributed by atoms with Crippen LogP contribution >= 0.6 is 0 Å². The van der Waals surface area contributed by atoms with E-state index in [0.717, 1.165) is 0 Å². The molecule has 0 saturated heterocycles. The van der Waals surface area contributed by atoms with E-state index in [9.17, 15) is 14.9 Å². The zero-order chi connectivity index (χ0) is 11.3. The number of carbonyl (C=O) groups excluding carboxylic acids is 1. The first kappa shape index (κ1) is 10.9. The Labute approximate surface area is 84.2 Å². The number of hydrazine groups is 1. The van der Waals surface area contributed by atoms with Gasteiger partial charge in [0.05, 0.1) is 0 Å². The van der Waals surface area contributed by atoms with Gasteiger partial charge in [-0.3, -0.25) is 10.2 Å². The van der Waals surface area contributed by atoms with Crippen LogP contribution in [0.5, 0.6) is 5.75 Å². The second-order valence-electron chi connectivity index (χ2n) is 2.44. The van der Waals surface area contributed by atoms with Gasteiger partial charge in [-0.05, 0) is 22.0 Å². The van der Waals surface area contributed by atoms with Crippen LogP contribution in [0.2, 0.25) is 0 Å². The molecule has 0 aliphatic rings. The standard InChI is InChI=1S/C7H8N4O4/c8-10-6(12)4-15-5-2-1-3-9-7(5)11(13)14/h1-3H,4,8H2,(H,10,12). The van der Waals surface area contributed by atoms with Gasteiger partial charge in [0, 0.05) is 0 Å². The molecule has 1 amide bonds. The molecule has 0 spiro atoms. The fraction of sp³-hybridized carbons (Fsp3) is 0.143. The molecule has 0 fully saturated rings. The number of nitrogens with zero attached hydrogens (tertiary/aromatic N) is 2. The molecular weight excluding hydrogens is 204 g/mol. The minimum atomic E-state index is -0.699. The zero-order valence-electron chi connectivity index (χ0n) is 7.54. The van der Waals surface area contributed by atoms with Crippen molar-refractivity contribution in [2.75, 3.05) is 6.61 Å². The predicted molar refractivity (Wildman–Crippen MR) is 48.7 cm³/mol. The van der Waals surface area contributed by atoms with E-state index >= 15 is 0 Å². The summed E-state index contributed by atoms with van der Waals surface area (Å²) < 4.78 is 4.85. The van der Waals surface area contributed by atoms with Crippen LogP contribution in [-0.4, -0.2) is 22.4 Å². The number of nitrogens with two attached hydrogens (primary N) is 1. The highest BCUT2D eigenvalue weighted by Crippen LogP contribution is 2.22. The molecule has 0 aromatic carbocycles. The number of nitrogens with one attached hydrogen (secondary N) is 1. The van der Waals surface area contributed by atoms with Gasteiger partial charge in [-0.2, -0.15) is 0 Å². The highest BCUT2D eigenvalue weighted by molar-refractivity contribution is 5.76. The minimum Gasteiger partial charge on any atom is -0.476 e. The van der Waals surface area contributed by atoms with Crippen molar-refractivity contribution >= 4 is 11.7 Å². The van der Waals surface area contributed by atoms with E-state index in [0.29, 0.717) is 0 Å². The summed E-state index contributed by atoms with van der Waals surface area (Å²) in [5.41, 5.74) is 1.83. The maximum absolute atomic E-state index is 10.7. The first-order chi connectivity index (χ1) is 7.15. The maximum atomic E-state index is 10.7. The van der Waals surface area contributed by atoms with Crippen LogP contribution in [-0.2, 0) is 4.79 Å². The number of rotatable bonds is 4. The first-order valence-electron chi connectivity index (χ1n) is 3.87. The lowest BCUT2D eigenvalue weighted by atomic mass is 10.4. The normalized spacial score (nSPS) is 9.40. The molecule has 8 nitrogen and oxygen atoms in total. The third-order valence-electron chi connectivity index (χ3n) is 1.44. The van der Waals surface area contributed by atoms with E-state index in [1.165, 1.54) is 18.3 Å². The van der Waals surface area contributed by atoms with Crippen LogP contribution < -0.4 is 16.0 Å². The van der Waals surface area contributed by atoms with Crippen molar-refractivity contribution < 1.29 is 14.5 Å². The van der Waals surface area contributed by atoms with Gasteiger partial charge < -0.3 is 14.9 Å². The van der Waals surface area contributed by atoms with Gasteiger partial charge in [0.25, 0.3) is 5.91 Å². The fourth-order valence-corrected chi connectivity index (χ4v) is 0.817. The van der Waals surface area contributed by atoms with Crippen LogP contribution in [0.3, 0.4) is 0 Å². The van der Waals surface area contributed by atoms with Crippen molar-refractivity contribution in [1.82, 2.24) is 10.4 Å². The Morgan fingerprint density at radius 1 is 1.73 bits per heavy atom. The smallest absolute Gasteiger partial charge is 0.406 e. The number of nitro groups is 1. The van der Waals surface area contributed by atoms with Crippen molar-refractivity contribution in [2.24, 2.45) is 5.84 Å². The number of pyridine rings is 1. The van der Waals surface area contributed by atoms with Crippen molar-refractivity contribution in [3.8, 4) is 5.75 Å². The monoisotopic (exact) mass is 212 g/mol. The van der Waals surface area contributed by atoms with Crippen LogP contribution in [0.25, 0.3) is 0 Å². The average molecular weight is 212 g/mol. The molecule has 8 heteroatoms. The SMILES string of the molecule is NNC(=O)COc1cccnc1[N+](=O)[O-]. The first-order valence-corrected chi connectivity index (χ1v) is 3.87. The molecule has 0 saturated carbocycles. The molecule has 0 bridgehead atoms. The van der Waals surface area contributed by atoms with Gasteiger partial charge in [-0.25, -0.2) is 5.84 Å². The molecule has 1 aromatic heterocycles. The van der Waals surface area contributed by atoms with Gasteiger partial charge in [-0.15, -0.1) is 0 Å². The lowest BCUT2D eigenvalue weighted by Gasteiger charge is -2.04. The van der Waals surface area contributed by atoms with Crippen LogP contribution in [0.1, 0.15) is 0 Å². The van der Waals surface area contributed by atoms with E-state index in [1.807, 2.05) is 5.43 Å². The molecule has 1 aromatic rings. The Morgan fingerprint density at radius 2 is 2.47 bits per heavy atom. The summed E-state index contributed by atoms with van der Waals surface area (Å²) >= 11 is 0. The topological polar surface area (TPSA) is 120 Å². The molecule has 15 heavy (non-hydrogen) atoms. The summed E-state index contributed by atoms with van der Waals surface area (Å²) in [7, 11) is 0. The number of hydrogen-bond donors (Lipinski definition) is 2. The van der Waals surface area contributed by atoms with E-state index in [2.05, 4.69) is 4.98 Å². The number of hydrogen-bond acceptors (Lipinski definition) is 6. The van der Waals surface area contributed by atoms with E-state index in [-0.39, 0.29) is 5.75 Å². The predicted octanol–water partition coefficient (Wildman–Crippen LogP) is -0.641. The average Bonchev–Trinajstić information content (AvgIpc) is 2.26. The van der Waals surface area contributed by atoms with Crippen molar-refractivity contribution in [3.63, 3.8) is 0 Å². The highest BCUT2D eigenvalue weighted by atomic mass is 16.6. The van der Waals surface area contributed by atoms with Crippen molar-refractivity contribution in [2.45, 2.75) is 0 Å². The van der Waals surface area contributed by atoms with Gasteiger partial charge in [0.1, 0.15) is 6.20 Å². The lowest BCUT2D eigenvalue weighted by molar-refractivity contribution is -0.390. The Morgan fingerprint density at radius 3 is 3.07 bits per heavy atom. The summed E-state index contributed by atoms with van der Waals surface area (Å²) in [6.45, 7) is -0.400. The summed E-state index contributed by atoms with van der Waals surface area (Å²) in [5, 5.41) is 10.5. The fourth-order valence-electron chi connectivity index (χ4n) is 0.817. The van der Waals surface area contributed by atoms with E-state index in [1.54, 1.807) is 0 Å². The second-order valence-corrected chi connectivity index (χ2v) is 2.44. The minimum absolute atomic E-state index is 0.0777. The highest BCUT2D eigenvalue weighted by Gasteiger charge is 2.16. The van der Waals surface area contributed by atoms with Gasteiger partial charge in [0.15, 0.2) is 6.61 Å². The number of amides is 1. The number of ether oxygens (including phenoxy) is 1. The molecule has 1 rings (SSSR count). The molecule has 0 aliphatic carbocycles. The Hall–Kier alpha value is -2.22. The largest absolute Gasteiger partial charge is 0.476 e. The van der Waals surface area contributed by atoms with Crippen LogP contribution in [0, 0.1) is 10.1 Å². The van der Waals surface area contributed by atoms with E-state index < -0.39 is 23.3 Å². The molecule has 0 atom stereocenters. The van der Waals surface area contributed by atoms with Crippen molar-refractivity contribution in [1.29, 1.82) is 0 Å². The number of aromatic nitrogens is 1. The maximum Gasteiger partial charge on any atom is 0.406 e. The van der Waals surface area contributed by atoms with Gasteiger partial charge in [0.2, 0.25) is 5.75 Å². The molecule has 1 heterocycles. The van der Waals surface area contributed by atoms with Gasteiger partial charge in [-0.1, -0.05) is 0 Å². The summed E-state index contributed by atoms with van der Waals surface area (Å²) in [6, 6.07) is 2.80. The molecular formula is C7H8N4O4. The third kappa shape index (κ3) is 2.88. The quantitative estimate of drug-likeness (QED) is 0.296. The molecule has 3 N–H and O–H groups in total. The Kier molecular flexibility index (Phi) is 3.52. The number of carbonyl (C=O) groups is 1. The zero-order valence-corrected chi connectivity index (χ0v) is 7.54. The third-order valence-corrected chi connectivity index (χ3v) is 1.44. The van der Waals surface area contributed by atoms with Crippen molar-refractivity contribution in [3.05, 3.63) is 28.4 Å². The molecule has 0 radical (unpaired) electrons. The second kappa shape index (κ2) is 4.86. The molecule has 80 valence electrons. The molecule has 0 unspecified atom stereocenters. The Balaban J connectivity index is 2.76. The lowest BCUT2D eigenvalue weighted by Crippen LogP contribution is -2.34.